The lowest BCUT2D eigenvalue weighted by Crippen LogP contribution is -2.13. The van der Waals surface area contributed by atoms with Crippen molar-refractivity contribution in [1.82, 2.24) is 4.57 Å². The average Bonchev–Trinajstić information content (AvgIpc) is 2.63. The second kappa shape index (κ2) is 4.65. The lowest BCUT2D eigenvalue weighted by Gasteiger charge is -2.12. The minimum absolute atomic E-state index is 0.353. The van der Waals surface area contributed by atoms with E-state index in [0.29, 0.717) is 12.5 Å². The number of methoxy groups -OCH3 is 1. The van der Waals surface area contributed by atoms with E-state index in [9.17, 15) is 0 Å². The number of rotatable bonds is 3. The molecule has 18 heavy (non-hydrogen) atoms. The van der Waals surface area contributed by atoms with Crippen molar-refractivity contribution in [3.63, 3.8) is 0 Å². The van der Waals surface area contributed by atoms with E-state index in [1.807, 2.05) is 6.07 Å². The number of nitrogens with two attached hydrogens (primary N) is 1. The molecule has 0 spiro atoms. The number of aryl methyl sites for hydroxylation is 3. The highest BCUT2D eigenvalue weighted by Crippen LogP contribution is 2.36. The molecular formula is C15H22N2O. The highest BCUT2D eigenvalue weighted by molar-refractivity contribution is 5.93. The van der Waals surface area contributed by atoms with Crippen LogP contribution in [0, 0.1) is 13.8 Å². The van der Waals surface area contributed by atoms with Crippen LogP contribution in [-0.4, -0.2) is 18.2 Å². The highest BCUT2D eigenvalue weighted by Gasteiger charge is 2.19. The lowest BCUT2D eigenvalue weighted by molar-refractivity contribution is 0.417. The van der Waals surface area contributed by atoms with Crippen LogP contribution in [0.15, 0.2) is 12.1 Å². The maximum atomic E-state index is 5.83. The first kappa shape index (κ1) is 13.0. The number of ether oxygens (including phenoxy) is 1. The third-order valence-corrected chi connectivity index (χ3v) is 3.85. The number of hydrogen-bond acceptors (Lipinski definition) is 2. The molecule has 2 aromatic rings. The van der Waals surface area contributed by atoms with Crippen molar-refractivity contribution in [3.8, 4) is 5.75 Å². The van der Waals surface area contributed by atoms with E-state index in [0.717, 1.165) is 5.75 Å². The first-order valence-electron chi connectivity index (χ1n) is 6.35. The number of benzene rings is 1. The van der Waals surface area contributed by atoms with Gasteiger partial charge in [0.15, 0.2) is 0 Å². The molecule has 98 valence electrons. The van der Waals surface area contributed by atoms with Crippen LogP contribution in [-0.2, 0) is 7.05 Å². The molecule has 0 saturated carbocycles. The first-order valence-corrected chi connectivity index (χ1v) is 6.35. The minimum atomic E-state index is 0.353. The van der Waals surface area contributed by atoms with E-state index >= 15 is 0 Å². The molecule has 0 saturated heterocycles. The Bertz CT molecular complexity index is 584. The fraction of sp³-hybridized carbons (Fsp3) is 0.467. The van der Waals surface area contributed by atoms with E-state index < -0.39 is 0 Å². The molecule has 0 radical (unpaired) electrons. The van der Waals surface area contributed by atoms with Gasteiger partial charge in [-0.25, -0.2) is 0 Å². The molecule has 2 N–H and O–H groups in total. The summed E-state index contributed by atoms with van der Waals surface area (Å²) in [5.41, 5.74) is 10.9. The van der Waals surface area contributed by atoms with E-state index in [-0.39, 0.29) is 0 Å². The molecular weight excluding hydrogens is 224 g/mol. The van der Waals surface area contributed by atoms with Gasteiger partial charge in [0, 0.05) is 30.6 Å². The summed E-state index contributed by atoms with van der Waals surface area (Å²) in [4.78, 5) is 0. The largest absolute Gasteiger partial charge is 0.495 e. The monoisotopic (exact) mass is 246 g/mol. The molecule has 3 nitrogen and oxygen atoms in total. The Morgan fingerprint density at radius 2 is 2.00 bits per heavy atom. The summed E-state index contributed by atoms with van der Waals surface area (Å²) >= 11 is 0. The molecule has 1 heterocycles. The molecule has 0 aliphatic carbocycles. The van der Waals surface area contributed by atoms with Crippen molar-refractivity contribution in [2.45, 2.75) is 26.7 Å². The predicted octanol–water partition coefficient (Wildman–Crippen LogP) is 2.87. The SMILES string of the molecule is COc1ccc(C)c2c(C)c(C(C)CN)n(C)c12. The molecule has 1 unspecified atom stereocenters. The van der Waals surface area contributed by atoms with Gasteiger partial charge in [-0.05, 0) is 31.0 Å². The fourth-order valence-electron chi connectivity index (χ4n) is 2.96. The van der Waals surface area contributed by atoms with Crippen molar-refractivity contribution >= 4 is 10.9 Å². The molecule has 0 fully saturated rings. The number of hydrogen-bond donors (Lipinski definition) is 1. The Kier molecular flexibility index (Phi) is 3.35. The Morgan fingerprint density at radius 1 is 1.33 bits per heavy atom. The summed E-state index contributed by atoms with van der Waals surface area (Å²) in [5, 5.41) is 1.30. The van der Waals surface area contributed by atoms with Crippen molar-refractivity contribution in [3.05, 3.63) is 29.0 Å². The number of nitrogens with zero attached hydrogens (tertiary/aromatic N) is 1. The van der Waals surface area contributed by atoms with Crippen molar-refractivity contribution in [2.75, 3.05) is 13.7 Å². The van der Waals surface area contributed by atoms with Crippen LogP contribution in [0.5, 0.6) is 5.75 Å². The van der Waals surface area contributed by atoms with Gasteiger partial charge in [0.05, 0.1) is 12.6 Å². The van der Waals surface area contributed by atoms with E-state index in [1.165, 1.54) is 27.7 Å². The summed E-state index contributed by atoms with van der Waals surface area (Å²) < 4.78 is 7.72. The summed E-state index contributed by atoms with van der Waals surface area (Å²) in [6.45, 7) is 7.15. The van der Waals surface area contributed by atoms with Gasteiger partial charge in [0.25, 0.3) is 0 Å². The zero-order valence-electron chi connectivity index (χ0n) is 11.9. The van der Waals surface area contributed by atoms with Gasteiger partial charge in [-0.2, -0.15) is 0 Å². The molecule has 0 bridgehead atoms. The molecule has 1 atom stereocenters. The Morgan fingerprint density at radius 3 is 2.56 bits per heavy atom. The van der Waals surface area contributed by atoms with Gasteiger partial charge in [0.1, 0.15) is 5.75 Å². The zero-order chi connectivity index (χ0) is 13.4. The van der Waals surface area contributed by atoms with Gasteiger partial charge in [-0.3, -0.25) is 0 Å². The van der Waals surface area contributed by atoms with Crippen LogP contribution in [0.4, 0.5) is 0 Å². The lowest BCUT2D eigenvalue weighted by atomic mass is 10.0. The van der Waals surface area contributed by atoms with E-state index in [4.69, 9.17) is 10.5 Å². The van der Waals surface area contributed by atoms with Crippen LogP contribution >= 0.6 is 0 Å². The Balaban J connectivity index is 2.88. The quantitative estimate of drug-likeness (QED) is 0.904. The standard InChI is InChI=1S/C15H22N2O/c1-9-6-7-12(18-5)15-13(9)11(3)14(17(15)4)10(2)8-16/h6-7,10H,8,16H2,1-5H3. The van der Waals surface area contributed by atoms with Gasteiger partial charge in [-0.15, -0.1) is 0 Å². The van der Waals surface area contributed by atoms with E-state index in [1.54, 1.807) is 7.11 Å². The smallest absolute Gasteiger partial charge is 0.143 e. The average molecular weight is 246 g/mol. The maximum absolute atomic E-state index is 5.83. The molecule has 0 aliphatic rings. The number of fused-ring (bicyclic) bond motifs is 1. The third-order valence-electron chi connectivity index (χ3n) is 3.85. The maximum Gasteiger partial charge on any atom is 0.143 e. The first-order chi connectivity index (χ1) is 8.52. The Labute approximate surface area is 109 Å². The van der Waals surface area contributed by atoms with Gasteiger partial charge >= 0.3 is 0 Å². The molecule has 0 aliphatic heterocycles. The molecule has 3 heteroatoms. The molecule has 1 aromatic heterocycles. The predicted molar refractivity (Wildman–Crippen MR) is 76.4 cm³/mol. The molecule has 0 amide bonds. The summed E-state index contributed by atoms with van der Waals surface area (Å²) in [5.74, 6) is 1.28. The number of aromatic nitrogens is 1. The second-order valence-electron chi connectivity index (χ2n) is 5.01. The van der Waals surface area contributed by atoms with Crippen LogP contribution < -0.4 is 10.5 Å². The van der Waals surface area contributed by atoms with Gasteiger partial charge in [-0.1, -0.05) is 13.0 Å². The second-order valence-corrected chi connectivity index (χ2v) is 5.01. The van der Waals surface area contributed by atoms with Crippen LogP contribution in [0.3, 0.4) is 0 Å². The van der Waals surface area contributed by atoms with Crippen LogP contribution in [0.25, 0.3) is 10.9 Å². The Hall–Kier alpha value is -1.48. The fourth-order valence-corrected chi connectivity index (χ4v) is 2.96. The third kappa shape index (κ3) is 1.70. The minimum Gasteiger partial charge on any atom is -0.495 e. The summed E-state index contributed by atoms with van der Waals surface area (Å²) in [6, 6.07) is 4.15. The highest BCUT2D eigenvalue weighted by atomic mass is 16.5. The van der Waals surface area contributed by atoms with Crippen molar-refractivity contribution in [2.24, 2.45) is 12.8 Å². The molecule has 1 aromatic carbocycles. The summed E-state index contributed by atoms with van der Waals surface area (Å²) in [6.07, 6.45) is 0. The van der Waals surface area contributed by atoms with Crippen LogP contribution in [0.1, 0.15) is 29.7 Å². The van der Waals surface area contributed by atoms with Gasteiger partial charge in [0.2, 0.25) is 0 Å². The summed E-state index contributed by atoms with van der Waals surface area (Å²) in [7, 11) is 3.82. The molecule has 2 rings (SSSR count). The topological polar surface area (TPSA) is 40.2 Å². The zero-order valence-corrected chi connectivity index (χ0v) is 11.9. The van der Waals surface area contributed by atoms with E-state index in [2.05, 4.69) is 38.5 Å². The van der Waals surface area contributed by atoms with Gasteiger partial charge < -0.3 is 15.0 Å². The van der Waals surface area contributed by atoms with Crippen molar-refractivity contribution in [1.29, 1.82) is 0 Å². The van der Waals surface area contributed by atoms with Crippen LogP contribution in [0.2, 0.25) is 0 Å². The normalized spacial score (nSPS) is 13.0. The van der Waals surface area contributed by atoms with Crippen molar-refractivity contribution < 1.29 is 4.74 Å².